The highest BCUT2D eigenvalue weighted by molar-refractivity contribution is 5.78. The van der Waals surface area contributed by atoms with Crippen LogP contribution in [0.2, 0.25) is 0 Å². The standard InChI is InChI=1S/C12H19N5O/c1-12(2,10-14)17-7-5-16(6-8-17)9-11(18)15-4-3-13/h4-9H2,1-2H3,(H,15,18). The van der Waals surface area contributed by atoms with Gasteiger partial charge in [0.15, 0.2) is 0 Å². The van der Waals surface area contributed by atoms with Crippen molar-refractivity contribution in [1.82, 2.24) is 15.1 Å². The Balaban J connectivity index is 2.35. The molecule has 1 rings (SSSR count). The van der Waals surface area contributed by atoms with E-state index >= 15 is 0 Å². The Morgan fingerprint density at radius 3 is 2.39 bits per heavy atom. The minimum atomic E-state index is -0.449. The number of carbonyl (C=O) groups is 1. The molecule has 0 spiro atoms. The molecule has 0 aromatic heterocycles. The molecule has 0 bridgehead atoms. The van der Waals surface area contributed by atoms with E-state index in [4.69, 9.17) is 10.5 Å². The van der Waals surface area contributed by atoms with Gasteiger partial charge in [-0.05, 0) is 13.8 Å². The second-order valence-corrected chi connectivity index (χ2v) is 4.87. The number of rotatable bonds is 4. The summed E-state index contributed by atoms with van der Waals surface area (Å²) in [6, 6.07) is 4.16. The number of hydrogen-bond acceptors (Lipinski definition) is 5. The Morgan fingerprint density at radius 2 is 1.89 bits per heavy atom. The van der Waals surface area contributed by atoms with Crippen molar-refractivity contribution in [3.05, 3.63) is 0 Å². The number of hydrogen-bond donors (Lipinski definition) is 1. The second kappa shape index (κ2) is 6.34. The van der Waals surface area contributed by atoms with E-state index in [0.717, 1.165) is 26.2 Å². The molecule has 0 aliphatic carbocycles. The summed E-state index contributed by atoms with van der Waals surface area (Å²) in [5, 5.41) is 19.9. The molecule has 0 radical (unpaired) electrons. The smallest absolute Gasteiger partial charge is 0.235 e. The molecule has 1 aliphatic heterocycles. The minimum Gasteiger partial charge on any atom is -0.342 e. The van der Waals surface area contributed by atoms with Gasteiger partial charge in [-0.2, -0.15) is 10.5 Å². The third-order valence-electron chi connectivity index (χ3n) is 3.17. The van der Waals surface area contributed by atoms with Crippen molar-refractivity contribution < 1.29 is 4.79 Å². The highest BCUT2D eigenvalue weighted by Crippen LogP contribution is 2.15. The second-order valence-electron chi connectivity index (χ2n) is 4.87. The van der Waals surface area contributed by atoms with Crippen LogP contribution < -0.4 is 5.32 Å². The van der Waals surface area contributed by atoms with Crippen molar-refractivity contribution in [3.63, 3.8) is 0 Å². The van der Waals surface area contributed by atoms with Gasteiger partial charge in [0.05, 0.1) is 18.7 Å². The molecule has 1 fully saturated rings. The van der Waals surface area contributed by atoms with Gasteiger partial charge in [0, 0.05) is 26.2 Å². The molecule has 0 atom stereocenters. The molecule has 1 saturated heterocycles. The summed E-state index contributed by atoms with van der Waals surface area (Å²) in [6.07, 6.45) is 0. The molecule has 0 aromatic rings. The van der Waals surface area contributed by atoms with Gasteiger partial charge >= 0.3 is 0 Å². The average molecular weight is 249 g/mol. The van der Waals surface area contributed by atoms with Gasteiger partial charge in [0.2, 0.25) is 5.91 Å². The van der Waals surface area contributed by atoms with E-state index in [1.165, 1.54) is 0 Å². The zero-order chi connectivity index (χ0) is 13.6. The summed E-state index contributed by atoms with van der Waals surface area (Å²) >= 11 is 0. The van der Waals surface area contributed by atoms with Crippen molar-refractivity contribution in [2.45, 2.75) is 19.4 Å². The molecule has 0 aromatic carbocycles. The number of piperazine rings is 1. The van der Waals surface area contributed by atoms with E-state index in [1.54, 1.807) is 0 Å². The average Bonchev–Trinajstić information content (AvgIpc) is 2.37. The van der Waals surface area contributed by atoms with Gasteiger partial charge in [-0.15, -0.1) is 0 Å². The van der Waals surface area contributed by atoms with Gasteiger partial charge in [-0.1, -0.05) is 0 Å². The Kier molecular flexibility index (Phi) is 5.08. The Morgan fingerprint density at radius 1 is 1.28 bits per heavy atom. The maximum Gasteiger partial charge on any atom is 0.235 e. The molecule has 0 unspecified atom stereocenters. The van der Waals surface area contributed by atoms with E-state index in [0.29, 0.717) is 6.54 Å². The van der Waals surface area contributed by atoms with Crippen LogP contribution in [0, 0.1) is 22.7 Å². The number of nitrogens with zero attached hydrogens (tertiary/aromatic N) is 4. The van der Waals surface area contributed by atoms with Crippen LogP contribution >= 0.6 is 0 Å². The maximum absolute atomic E-state index is 11.4. The zero-order valence-electron chi connectivity index (χ0n) is 10.9. The molecular formula is C12H19N5O. The van der Waals surface area contributed by atoms with E-state index < -0.39 is 5.54 Å². The van der Waals surface area contributed by atoms with Crippen molar-refractivity contribution >= 4 is 5.91 Å². The van der Waals surface area contributed by atoms with Crippen LogP contribution in [0.4, 0.5) is 0 Å². The Hall–Kier alpha value is -1.63. The Labute approximate surface area is 108 Å². The summed E-state index contributed by atoms with van der Waals surface area (Å²) in [5.41, 5.74) is -0.449. The van der Waals surface area contributed by atoms with E-state index in [9.17, 15) is 4.79 Å². The van der Waals surface area contributed by atoms with Crippen LogP contribution in [0.1, 0.15) is 13.8 Å². The normalized spacial score (nSPS) is 17.8. The van der Waals surface area contributed by atoms with E-state index in [-0.39, 0.29) is 12.5 Å². The number of carbonyl (C=O) groups excluding carboxylic acids is 1. The summed E-state index contributed by atoms with van der Waals surface area (Å²) in [5.74, 6) is -0.121. The monoisotopic (exact) mass is 249 g/mol. The first-order chi connectivity index (χ1) is 8.49. The fourth-order valence-electron chi connectivity index (χ4n) is 1.93. The van der Waals surface area contributed by atoms with Crippen molar-refractivity contribution in [2.75, 3.05) is 39.3 Å². The van der Waals surface area contributed by atoms with E-state index in [2.05, 4.69) is 16.3 Å². The zero-order valence-corrected chi connectivity index (χ0v) is 10.9. The summed E-state index contributed by atoms with van der Waals surface area (Å²) in [6.45, 7) is 7.29. The minimum absolute atomic E-state index is 0.0558. The molecule has 1 N–H and O–H groups in total. The van der Waals surface area contributed by atoms with Crippen molar-refractivity contribution in [2.24, 2.45) is 0 Å². The molecule has 1 amide bonds. The fourth-order valence-corrected chi connectivity index (χ4v) is 1.93. The van der Waals surface area contributed by atoms with Crippen LogP contribution in [0.15, 0.2) is 0 Å². The molecule has 98 valence electrons. The highest BCUT2D eigenvalue weighted by atomic mass is 16.2. The largest absolute Gasteiger partial charge is 0.342 e. The van der Waals surface area contributed by atoms with Crippen LogP contribution in [-0.2, 0) is 4.79 Å². The lowest BCUT2D eigenvalue weighted by atomic mass is 10.0. The summed E-state index contributed by atoms with van der Waals surface area (Å²) in [7, 11) is 0. The van der Waals surface area contributed by atoms with E-state index in [1.807, 2.05) is 24.8 Å². The van der Waals surface area contributed by atoms with Gasteiger partial charge in [0.1, 0.15) is 12.1 Å². The molecule has 6 heteroatoms. The topological polar surface area (TPSA) is 83.2 Å². The van der Waals surface area contributed by atoms with Crippen LogP contribution in [-0.4, -0.2) is 60.5 Å². The quantitative estimate of drug-likeness (QED) is 0.682. The predicted molar refractivity (Wildman–Crippen MR) is 66.3 cm³/mol. The summed E-state index contributed by atoms with van der Waals surface area (Å²) in [4.78, 5) is 15.6. The first-order valence-electron chi connectivity index (χ1n) is 6.02. The van der Waals surface area contributed by atoms with Gasteiger partial charge < -0.3 is 5.32 Å². The number of amides is 1. The van der Waals surface area contributed by atoms with Gasteiger partial charge in [-0.25, -0.2) is 0 Å². The first-order valence-corrected chi connectivity index (χ1v) is 6.02. The molecule has 6 nitrogen and oxygen atoms in total. The van der Waals surface area contributed by atoms with Crippen LogP contribution in [0.3, 0.4) is 0 Å². The highest BCUT2D eigenvalue weighted by Gasteiger charge is 2.29. The third-order valence-corrected chi connectivity index (χ3v) is 3.17. The predicted octanol–water partition coefficient (Wildman–Crippen LogP) is -0.454. The first kappa shape index (κ1) is 14.4. The lowest BCUT2D eigenvalue weighted by Gasteiger charge is -2.40. The lowest BCUT2D eigenvalue weighted by molar-refractivity contribution is -0.122. The maximum atomic E-state index is 11.4. The van der Waals surface area contributed by atoms with Gasteiger partial charge in [0.25, 0.3) is 0 Å². The third kappa shape index (κ3) is 3.99. The molecule has 1 heterocycles. The van der Waals surface area contributed by atoms with Crippen LogP contribution in [0.5, 0.6) is 0 Å². The van der Waals surface area contributed by atoms with Crippen molar-refractivity contribution in [1.29, 1.82) is 10.5 Å². The molecule has 1 aliphatic rings. The molecule has 18 heavy (non-hydrogen) atoms. The Bertz CT molecular complexity index is 371. The number of nitrogens with one attached hydrogen (secondary N) is 1. The van der Waals surface area contributed by atoms with Gasteiger partial charge in [-0.3, -0.25) is 14.6 Å². The van der Waals surface area contributed by atoms with Crippen LogP contribution in [0.25, 0.3) is 0 Å². The molecule has 0 saturated carbocycles. The number of nitriles is 2. The SMILES string of the molecule is CC(C)(C#N)N1CCN(CC(=O)NCC#N)CC1. The fraction of sp³-hybridized carbons (Fsp3) is 0.750. The lowest BCUT2D eigenvalue weighted by Crippen LogP contribution is -2.55. The summed E-state index contributed by atoms with van der Waals surface area (Å²) < 4.78 is 0. The van der Waals surface area contributed by atoms with Crippen molar-refractivity contribution in [3.8, 4) is 12.1 Å². The molecular weight excluding hydrogens is 230 g/mol.